The van der Waals surface area contributed by atoms with E-state index in [-0.39, 0.29) is 0 Å². The summed E-state index contributed by atoms with van der Waals surface area (Å²) in [5, 5.41) is 3.48. The van der Waals surface area contributed by atoms with Gasteiger partial charge < -0.3 is 11.1 Å². The van der Waals surface area contributed by atoms with E-state index in [2.05, 4.69) is 38.0 Å². The summed E-state index contributed by atoms with van der Waals surface area (Å²) in [5.41, 5.74) is 7.38. The first kappa shape index (κ1) is 10.3. The molecule has 3 N–H and O–H groups in total. The average Bonchev–Trinajstić information content (AvgIpc) is 2.51. The van der Waals surface area contributed by atoms with Crippen LogP contribution in [-0.4, -0.2) is 11.0 Å². The van der Waals surface area contributed by atoms with Crippen molar-refractivity contribution in [3.63, 3.8) is 0 Å². The lowest BCUT2D eigenvalue weighted by Gasteiger charge is -2.09. The van der Waals surface area contributed by atoms with Crippen LogP contribution in [0.3, 0.4) is 0 Å². The molecule has 1 aromatic rings. The molecule has 3 heteroatoms. The van der Waals surface area contributed by atoms with Crippen molar-refractivity contribution in [2.24, 2.45) is 10.8 Å². The molecular formula is C12H19N3. The van der Waals surface area contributed by atoms with Gasteiger partial charge in [0.15, 0.2) is 0 Å². The molecule has 1 aliphatic rings. The highest BCUT2D eigenvalue weighted by Gasteiger charge is 2.65. The number of hydrogen-bond acceptors (Lipinski definition) is 3. The van der Waals surface area contributed by atoms with Crippen LogP contribution >= 0.6 is 0 Å². The Kier molecular flexibility index (Phi) is 1.97. The summed E-state index contributed by atoms with van der Waals surface area (Å²) in [6.07, 6.45) is 1.71. The fourth-order valence-electron chi connectivity index (χ4n) is 2.25. The first-order chi connectivity index (χ1) is 6.87. The Morgan fingerprint density at radius 3 is 2.33 bits per heavy atom. The molecule has 0 radical (unpaired) electrons. The number of nitrogens with two attached hydrogens (primary N) is 1. The van der Waals surface area contributed by atoms with E-state index in [1.165, 1.54) is 0 Å². The van der Waals surface area contributed by atoms with Crippen molar-refractivity contribution in [2.75, 3.05) is 11.1 Å². The van der Waals surface area contributed by atoms with Crippen LogP contribution in [0.4, 0.5) is 11.5 Å². The first-order valence-electron chi connectivity index (χ1n) is 5.34. The van der Waals surface area contributed by atoms with Gasteiger partial charge in [-0.25, -0.2) is 4.98 Å². The monoisotopic (exact) mass is 205 g/mol. The molecule has 0 unspecified atom stereocenters. The highest BCUT2D eigenvalue weighted by Crippen LogP contribution is 2.63. The largest absolute Gasteiger partial charge is 0.382 e. The van der Waals surface area contributed by atoms with E-state index >= 15 is 0 Å². The maximum atomic E-state index is 5.80. The van der Waals surface area contributed by atoms with Crippen molar-refractivity contribution in [1.82, 2.24) is 4.98 Å². The molecule has 0 aliphatic heterocycles. The van der Waals surface area contributed by atoms with Crippen LogP contribution in [0, 0.1) is 10.8 Å². The second-order valence-corrected chi connectivity index (χ2v) is 5.46. The average molecular weight is 205 g/mol. The molecule has 1 fully saturated rings. The molecule has 1 aromatic heterocycles. The molecule has 0 saturated heterocycles. The summed E-state index contributed by atoms with van der Waals surface area (Å²) in [7, 11) is 0. The first-order valence-corrected chi connectivity index (χ1v) is 5.34. The molecule has 0 spiro atoms. The number of rotatable bonds is 2. The highest BCUT2D eigenvalue weighted by atomic mass is 15.1. The van der Waals surface area contributed by atoms with Gasteiger partial charge in [0.1, 0.15) is 5.82 Å². The standard InChI is InChI=1S/C12H19N3/c1-11(2)10(12(11,3)4)15-8-6-5-7-14-9(8)13/h5-7,10,15H,1-4H3,(H2,13,14). The van der Waals surface area contributed by atoms with E-state index in [0.717, 1.165) is 5.69 Å². The fraction of sp³-hybridized carbons (Fsp3) is 0.583. The van der Waals surface area contributed by atoms with Gasteiger partial charge in [-0.2, -0.15) is 0 Å². The third-order valence-corrected chi connectivity index (χ3v) is 4.16. The van der Waals surface area contributed by atoms with E-state index in [9.17, 15) is 0 Å². The molecule has 15 heavy (non-hydrogen) atoms. The Morgan fingerprint density at radius 1 is 1.27 bits per heavy atom. The Morgan fingerprint density at radius 2 is 1.87 bits per heavy atom. The molecule has 82 valence electrons. The van der Waals surface area contributed by atoms with Crippen LogP contribution in [0.1, 0.15) is 27.7 Å². The molecule has 3 nitrogen and oxygen atoms in total. The van der Waals surface area contributed by atoms with Crippen LogP contribution in [0.15, 0.2) is 18.3 Å². The van der Waals surface area contributed by atoms with Gasteiger partial charge in [-0.05, 0) is 23.0 Å². The van der Waals surface area contributed by atoms with Crippen molar-refractivity contribution in [2.45, 2.75) is 33.7 Å². The van der Waals surface area contributed by atoms with Crippen molar-refractivity contribution in [1.29, 1.82) is 0 Å². The van der Waals surface area contributed by atoms with Crippen molar-refractivity contribution >= 4 is 11.5 Å². The van der Waals surface area contributed by atoms with Gasteiger partial charge >= 0.3 is 0 Å². The summed E-state index contributed by atoms with van der Waals surface area (Å²) in [6, 6.07) is 4.35. The minimum Gasteiger partial charge on any atom is -0.382 e. The minimum absolute atomic E-state index is 0.315. The molecule has 0 aromatic carbocycles. The van der Waals surface area contributed by atoms with E-state index < -0.39 is 0 Å². The Labute approximate surface area is 91.1 Å². The van der Waals surface area contributed by atoms with E-state index in [0.29, 0.717) is 22.7 Å². The van der Waals surface area contributed by atoms with E-state index in [4.69, 9.17) is 5.73 Å². The number of nitrogens with one attached hydrogen (secondary N) is 1. The van der Waals surface area contributed by atoms with Gasteiger partial charge in [0.05, 0.1) is 5.69 Å². The predicted molar refractivity (Wildman–Crippen MR) is 63.6 cm³/mol. The Bertz CT molecular complexity index is 368. The molecule has 0 bridgehead atoms. The van der Waals surface area contributed by atoms with Gasteiger partial charge in [0, 0.05) is 12.2 Å². The maximum absolute atomic E-state index is 5.80. The quantitative estimate of drug-likeness (QED) is 0.780. The van der Waals surface area contributed by atoms with Crippen LogP contribution in [-0.2, 0) is 0 Å². The fourth-order valence-corrected chi connectivity index (χ4v) is 2.25. The number of aromatic nitrogens is 1. The minimum atomic E-state index is 0.315. The van der Waals surface area contributed by atoms with Gasteiger partial charge in [0.2, 0.25) is 0 Å². The van der Waals surface area contributed by atoms with Gasteiger partial charge in [0.25, 0.3) is 0 Å². The second-order valence-electron chi connectivity index (χ2n) is 5.46. The number of anilines is 2. The van der Waals surface area contributed by atoms with Crippen molar-refractivity contribution in [3.05, 3.63) is 18.3 Å². The van der Waals surface area contributed by atoms with Gasteiger partial charge in [-0.15, -0.1) is 0 Å². The normalized spacial score (nSPS) is 22.4. The number of nitrogen functional groups attached to an aromatic ring is 1. The summed E-state index contributed by atoms with van der Waals surface area (Å²) in [4.78, 5) is 4.07. The zero-order valence-electron chi connectivity index (χ0n) is 9.83. The Balaban J connectivity index is 2.16. The third kappa shape index (κ3) is 1.37. The number of hydrogen-bond donors (Lipinski definition) is 2. The summed E-state index contributed by atoms with van der Waals surface area (Å²) >= 11 is 0. The van der Waals surface area contributed by atoms with Crippen molar-refractivity contribution < 1.29 is 0 Å². The zero-order chi connectivity index (χ0) is 11.3. The third-order valence-electron chi connectivity index (χ3n) is 4.16. The van der Waals surface area contributed by atoms with Gasteiger partial charge in [-0.3, -0.25) is 0 Å². The summed E-state index contributed by atoms with van der Waals surface area (Å²) in [6.45, 7) is 9.10. The lowest BCUT2D eigenvalue weighted by molar-refractivity contribution is 0.457. The van der Waals surface area contributed by atoms with Crippen molar-refractivity contribution in [3.8, 4) is 0 Å². The molecule has 1 heterocycles. The smallest absolute Gasteiger partial charge is 0.146 e. The van der Waals surface area contributed by atoms with Crippen LogP contribution in [0.25, 0.3) is 0 Å². The molecule has 0 atom stereocenters. The van der Waals surface area contributed by atoms with E-state index in [1.54, 1.807) is 6.20 Å². The van der Waals surface area contributed by atoms with Crippen LogP contribution in [0.5, 0.6) is 0 Å². The van der Waals surface area contributed by atoms with Gasteiger partial charge in [-0.1, -0.05) is 27.7 Å². The van der Waals surface area contributed by atoms with Crippen LogP contribution in [0.2, 0.25) is 0 Å². The zero-order valence-corrected chi connectivity index (χ0v) is 9.83. The lowest BCUT2D eigenvalue weighted by Crippen LogP contribution is -2.11. The predicted octanol–water partition coefficient (Wildman–Crippen LogP) is 2.51. The molecule has 2 rings (SSSR count). The van der Waals surface area contributed by atoms with Crippen LogP contribution < -0.4 is 11.1 Å². The lowest BCUT2D eigenvalue weighted by atomic mass is 10.0. The maximum Gasteiger partial charge on any atom is 0.146 e. The SMILES string of the molecule is CC1(C)C(Nc2cccnc2N)C1(C)C. The molecule has 1 aliphatic carbocycles. The number of pyridine rings is 1. The molecular weight excluding hydrogens is 186 g/mol. The highest BCUT2D eigenvalue weighted by molar-refractivity contribution is 5.63. The second kappa shape index (κ2) is 2.87. The molecule has 0 amide bonds. The summed E-state index contributed by atoms with van der Waals surface area (Å²) in [5.74, 6) is 0.580. The topological polar surface area (TPSA) is 50.9 Å². The summed E-state index contributed by atoms with van der Waals surface area (Å²) < 4.78 is 0. The molecule has 1 saturated carbocycles. The van der Waals surface area contributed by atoms with E-state index in [1.807, 2.05) is 12.1 Å². The Hall–Kier alpha value is -1.25. The number of nitrogens with zero attached hydrogens (tertiary/aromatic N) is 1.